The van der Waals surface area contributed by atoms with E-state index in [2.05, 4.69) is 6.58 Å². The van der Waals surface area contributed by atoms with Gasteiger partial charge in [-0.05, 0) is 25.5 Å². The summed E-state index contributed by atoms with van der Waals surface area (Å²) in [6, 6.07) is 5.24. The third kappa shape index (κ3) is 1.98. The first-order valence-corrected chi connectivity index (χ1v) is 5.47. The maximum absolute atomic E-state index is 11.4. The SMILES string of the molecule is C=CS(=O)(=O)c1ccc(C)cc1C. The third-order valence-corrected chi connectivity index (χ3v) is 3.37. The fourth-order valence-electron chi connectivity index (χ4n) is 1.21. The second-order valence-corrected chi connectivity index (χ2v) is 4.84. The topological polar surface area (TPSA) is 34.1 Å². The van der Waals surface area contributed by atoms with Crippen LogP contribution < -0.4 is 0 Å². The third-order valence-electron chi connectivity index (χ3n) is 1.86. The normalized spacial score (nSPS) is 11.2. The van der Waals surface area contributed by atoms with Gasteiger partial charge in [-0.25, -0.2) is 8.42 Å². The van der Waals surface area contributed by atoms with Crippen LogP contribution in [0.4, 0.5) is 0 Å². The number of rotatable bonds is 2. The van der Waals surface area contributed by atoms with E-state index in [-0.39, 0.29) is 0 Å². The van der Waals surface area contributed by atoms with Gasteiger partial charge < -0.3 is 0 Å². The van der Waals surface area contributed by atoms with Crippen molar-refractivity contribution in [1.82, 2.24) is 0 Å². The zero-order valence-corrected chi connectivity index (χ0v) is 8.56. The first kappa shape index (κ1) is 9.99. The van der Waals surface area contributed by atoms with E-state index >= 15 is 0 Å². The fourth-order valence-corrected chi connectivity index (χ4v) is 2.15. The zero-order valence-electron chi connectivity index (χ0n) is 7.74. The van der Waals surface area contributed by atoms with Crippen molar-refractivity contribution in [3.05, 3.63) is 41.3 Å². The lowest BCUT2D eigenvalue weighted by Gasteiger charge is -2.03. The van der Waals surface area contributed by atoms with Gasteiger partial charge in [-0.3, -0.25) is 0 Å². The van der Waals surface area contributed by atoms with Crippen molar-refractivity contribution >= 4 is 9.84 Å². The van der Waals surface area contributed by atoms with Crippen LogP contribution in [0.1, 0.15) is 11.1 Å². The standard InChI is InChI=1S/C10H12O2S/c1-4-13(11,12)10-6-5-8(2)7-9(10)3/h4-7H,1H2,2-3H3. The summed E-state index contributed by atoms with van der Waals surface area (Å²) in [6.07, 6.45) is 0. The van der Waals surface area contributed by atoms with Crippen molar-refractivity contribution in [2.24, 2.45) is 0 Å². The van der Waals surface area contributed by atoms with Gasteiger partial charge in [0.25, 0.3) is 0 Å². The van der Waals surface area contributed by atoms with Crippen LogP contribution in [-0.2, 0) is 9.84 Å². The molecule has 0 bridgehead atoms. The zero-order chi connectivity index (χ0) is 10.1. The Morgan fingerprint density at radius 1 is 1.31 bits per heavy atom. The number of aryl methyl sites for hydroxylation is 2. The minimum atomic E-state index is -3.28. The highest BCUT2D eigenvalue weighted by Gasteiger charge is 2.11. The average molecular weight is 196 g/mol. The highest BCUT2D eigenvalue weighted by molar-refractivity contribution is 7.94. The molecular weight excluding hydrogens is 184 g/mol. The van der Waals surface area contributed by atoms with Crippen LogP contribution in [0.15, 0.2) is 35.1 Å². The van der Waals surface area contributed by atoms with E-state index in [0.717, 1.165) is 16.5 Å². The maximum atomic E-state index is 11.4. The Bertz CT molecular complexity index is 430. The lowest BCUT2D eigenvalue weighted by atomic mass is 10.2. The number of hydrogen-bond donors (Lipinski definition) is 0. The fraction of sp³-hybridized carbons (Fsp3) is 0.200. The summed E-state index contributed by atoms with van der Waals surface area (Å²) in [4.78, 5) is 0.341. The van der Waals surface area contributed by atoms with E-state index in [4.69, 9.17) is 0 Å². The summed E-state index contributed by atoms with van der Waals surface area (Å²) in [6.45, 7) is 6.99. The number of hydrogen-bond acceptors (Lipinski definition) is 2. The summed E-state index contributed by atoms with van der Waals surface area (Å²) in [5.74, 6) is 0. The molecule has 0 aliphatic rings. The van der Waals surface area contributed by atoms with Gasteiger partial charge in [-0.15, -0.1) is 0 Å². The molecule has 70 valence electrons. The number of benzene rings is 1. The largest absolute Gasteiger partial charge is 0.219 e. The first-order valence-electron chi connectivity index (χ1n) is 3.92. The molecule has 13 heavy (non-hydrogen) atoms. The van der Waals surface area contributed by atoms with Crippen molar-refractivity contribution in [1.29, 1.82) is 0 Å². The lowest BCUT2D eigenvalue weighted by molar-refractivity contribution is 0.604. The molecule has 0 aliphatic heterocycles. The molecule has 0 saturated heterocycles. The molecule has 0 saturated carbocycles. The Hall–Kier alpha value is -1.09. The van der Waals surface area contributed by atoms with Gasteiger partial charge in [-0.2, -0.15) is 0 Å². The Labute approximate surface area is 78.8 Å². The van der Waals surface area contributed by atoms with E-state index in [0.29, 0.717) is 4.90 Å². The predicted octanol–water partition coefficient (Wildman–Crippen LogP) is 2.22. The predicted molar refractivity (Wildman–Crippen MR) is 53.3 cm³/mol. The van der Waals surface area contributed by atoms with E-state index in [9.17, 15) is 8.42 Å². The Morgan fingerprint density at radius 2 is 1.92 bits per heavy atom. The Morgan fingerprint density at radius 3 is 2.38 bits per heavy atom. The molecule has 2 nitrogen and oxygen atoms in total. The van der Waals surface area contributed by atoms with E-state index < -0.39 is 9.84 Å². The van der Waals surface area contributed by atoms with Crippen LogP contribution >= 0.6 is 0 Å². The molecule has 1 rings (SSSR count). The van der Waals surface area contributed by atoms with Crippen LogP contribution in [-0.4, -0.2) is 8.42 Å². The smallest absolute Gasteiger partial charge is 0.199 e. The average Bonchev–Trinajstić information content (AvgIpc) is 2.03. The quantitative estimate of drug-likeness (QED) is 0.726. The molecule has 0 aromatic heterocycles. The van der Waals surface area contributed by atoms with Crippen LogP contribution in [0, 0.1) is 13.8 Å². The molecule has 1 aromatic carbocycles. The van der Waals surface area contributed by atoms with Crippen molar-refractivity contribution in [2.45, 2.75) is 18.7 Å². The Kier molecular flexibility index (Phi) is 2.57. The molecule has 0 spiro atoms. The molecule has 1 aromatic rings. The molecule has 0 aliphatic carbocycles. The van der Waals surface area contributed by atoms with Gasteiger partial charge in [0.1, 0.15) is 0 Å². The van der Waals surface area contributed by atoms with E-state index in [1.807, 2.05) is 13.0 Å². The molecule has 0 atom stereocenters. The van der Waals surface area contributed by atoms with Gasteiger partial charge in [0.05, 0.1) is 4.90 Å². The van der Waals surface area contributed by atoms with Crippen molar-refractivity contribution < 1.29 is 8.42 Å². The molecule has 3 heteroatoms. The molecule has 0 fully saturated rings. The minimum absolute atomic E-state index is 0.341. The van der Waals surface area contributed by atoms with Gasteiger partial charge in [-0.1, -0.05) is 24.3 Å². The monoisotopic (exact) mass is 196 g/mol. The van der Waals surface area contributed by atoms with Gasteiger partial charge in [0.15, 0.2) is 9.84 Å². The van der Waals surface area contributed by atoms with E-state index in [1.165, 1.54) is 0 Å². The van der Waals surface area contributed by atoms with Gasteiger partial charge in [0, 0.05) is 5.41 Å². The summed E-state index contributed by atoms with van der Waals surface area (Å²) in [7, 11) is -3.28. The molecular formula is C10H12O2S. The molecule has 0 unspecified atom stereocenters. The minimum Gasteiger partial charge on any atom is -0.219 e. The lowest BCUT2D eigenvalue weighted by Crippen LogP contribution is -1.98. The number of sulfone groups is 1. The summed E-state index contributed by atoms with van der Waals surface area (Å²) in [5.41, 5.74) is 1.82. The molecule has 0 heterocycles. The van der Waals surface area contributed by atoms with Crippen LogP contribution in [0.2, 0.25) is 0 Å². The van der Waals surface area contributed by atoms with Crippen LogP contribution in [0.5, 0.6) is 0 Å². The first-order chi connectivity index (χ1) is 5.97. The second kappa shape index (κ2) is 3.34. The van der Waals surface area contributed by atoms with Crippen molar-refractivity contribution in [3.8, 4) is 0 Å². The van der Waals surface area contributed by atoms with Crippen molar-refractivity contribution in [3.63, 3.8) is 0 Å². The summed E-state index contributed by atoms with van der Waals surface area (Å²) < 4.78 is 22.8. The molecule has 0 amide bonds. The van der Waals surface area contributed by atoms with Gasteiger partial charge >= 0.3 is 0 Å². The van der Waals surface area contributed by atoms with Gasteiger partial charge in [0.2, 0.25) is 0 Å². The molecule has 0 N–H and O–H groups in total. The highest BCUT2D eigenvalue weighted by atomic mass is 32.2. The van der Waals surface area contributed by atoms with Crippen LogP contribution in [0.3, 0.4) is 0 Å². The van der Waals surface area contributed by atoms with Crippen molar-refractivity contribution in [2.75, 3.05) is 0 Å². The Balaban J connectivity index is 3.41. The highest BCUT2D eigenvalue weighted by Crippen LogP contribution is 2.17. The summed E-state index contributed by atoms with van der Waals surface area (Å²) in [5, 5.41) is 0.977. The van der Waals surface area contributed by atoms with Crippen LogP contribution in [0.25, 0.3) is 0 Å². The summed E-state index contributed by atoms with van der Waals surface area (Å²) >= 11 is 0. The van der Waals surface area contributed by atoms with E-state index in [1.54, 1.807) is 19.1 Å². The maximum Gasteiger partial charge on any atom is 0.199 e. The second-order valence-electron chi connectivity index (χ2n) is 2.98. The molecule has 0 radical (unpaired) electrons.